The number of carbonyl (C=O) groups is 1. The lowest BCUT2D eigenvalue weighted by molar-refractivity contribution is 0.0951. The molecule has 13 heteroatoms. The molecule has 31 heavy (non-hydrogen) atoms. The molecule has 3 N–H and O–H groups in total. The molecule has 0 radical (unpaired) electrons. The van der Waals surface area contributed by atoms with Crippen molar-refractivity contribution in [3.63, 3.8) is 0 Å². The highest BCUT2D eigenvalue weighted by Crippen LogP contribution is 2.30. The highest BCUT2D eigenvalue weighted by atomic mass is 32.1. The van der Waals surface area contributed by atoms with Crippen molar-refractivity contribution >= 4 is 29.3 Å². The van der Waals surface area contributed by atoms with Gasteiger partial charge in [-0.05, 0) is 45.5 Å². The number of aromatic nitrogens is 5. The van der Waals surface area contributed by atoms with E-state index in [0.29, 0.717) is 22.8 Å². The molecule has 0 saturated heterocycles. The van der Waals surface area contributed by atoms with Gasteiger partial charge in [-0.3, -0.25) is 4.79 Å². The number of ether oxygens (including phenoxy) is 2. The Balaban J connectivity index is 1.60. The Kier molecular flexibility index (Phi) is 5.57. The van der Waals surface area contributed by atoms with E-state index < -0.39 is 5.91 Å². The zero-order valence-corrected chi connectivity index (χ0v) is 17.2. The van der Waals surface area contributed by atoms with E-state index >= 15 is 0 Å². The fourth-order valence-electron chi connectivity index (χ4n) is 2.71. The Morgan fingerprint density at radius 1 is 1.26 bits per heavy atom. The number of thiophene rings is 1. The van der Waals surface area contributed by atoms with Crippen LogP contribution < -0.4 is 20.6 Å². The minimum absolute atomic E-state index is 0.0149. The van der Waals surface area contributed by atoms with Gasteiger partial charge in [-0.15, -0.1) is 16.4 Å². The number of nitrogen functional groups attached to an aromatic ring is 1. The first-order valence-corrected chi connectivity index (χ1v) is 9.63. The van der Waals surface area contributed by atoms with E-state index in [-0.39, 0.29) is 17.3 Å². The van der Waals surface area contributed by atoms with Crippen LogP contribution in [0.4, 0.5) is 5.82 Å². The average Bonchev–Trinajstić information content (AvgIpc) is 3.53. The number of methoxy groups -OCH3 is 2. The number of hydrazone groups is 1. The third-order valence-electron chi connectivity index (χ3n) is 4.12. The Bertz CT molecular complexity index is 1230. The number of rotatable bonds is 7. The van der Waals surface area contributed by atoms with Gasteiger partial charge in [-0.25, -0.2) is 10.1 Å². The SMILES string of the molecule is COc1ccc(C=NNC(=O)c2nnn(-c3nonc3N)c2-c2cccs2)cc1OC. The van der Waals surface area contributed by atoms with Gasteiger partial charge >= 0.3 is 0 Å². The van der Waals surface area contributed by atoms with Crippen LogP contribution in [0.2, 0.25) is 0 Å². The van der Waals surface area contributed by atoms with Gasteiger partial charge in [0, 0.05) is 0 Å². The lowest BCUT2D eigenvalue weighted by atomic mass is 10.2. The van der Waals surface area contributed by atoms with Crippen molar-refractivity contribution in [3.8, 4) is 27.9 Å². The van der Waals surface area contributed by atoms with Gasteiger partial charge in [0.25, 0.3) is 5.91 Å². The van der Waals surface area contributed by atoms with Crippen molar-refractivity contribution in [2.75, 3.05) is 20.0 Å². The van der Waals surface area contributed by atoms with Crippen molar-refractivity contribution in [1.82, 2.24) is 30.7 Å². The number of nitrogens with two attached hydrogens (primary N) is 1. The molecule has 0 fully saturated rings. The van der Waals surface area contributed by atoms with Gasteiger partial charge < -0.3 is 15.2 Å². The summed E-state index contributed by atoms with van der Waals surface area (Å²) in [6.45, 7) is 0. The van der Waals surface area contributed by atoms with Crippen molar-refractivity contribution in [1.29, 1.82) is 0 Å². The smallest absolute Gasteiger partial charge is 0.294 e. The average molecular weight is 440 g/mol. The monoisotopic (exact) mass is 440 g/mol. The molecule has 1 amide bonds. The summed E-state index contributed by atoms with van der Waals surface area (Å²) in [5.74, 6) is 0.702. The number of amides is 1. The molecule has 0 aliphatic carbocycles. The van der Waals surface area contributed by atoms with Crippen LogP contribution in [-0.2, 0) is 0 Å². The zero-order valence-electron chi connectivity index (χ0n) is 16.3. The normalized spacial score (nSPS) is 11.0. The van der Waals surface area contributed by atoms with E-state index in [2.05, 4.69) is 35.8 Å². The molecule has 4 rings (SSSR count). The number of nitrogens with zero attached hydrogens (tertiary/aromatic N) is 6. The fraction of sp³-hybridized carbons (Fsp3) is 0.111. The molecule has 1 aromatic carbocycles. The number of benzene rings is 1. The second-order valence-electron chi connectivity index (χ2n) is 5.96. The molecule has 0 spiro atoms. The largest absolute Gasteiger partial charge is 0.493 e. The quantitative estimate of drug-likeness (QED) is 0.323. The molecule has 0 bridgehead atoms. The Hall–Kier alpha value is -4.26. The Labute approximate surface area is 179 Å². The highest BCUT2D eigenvalue weighted by molar-refractivity contribution is 7.13. The van der Waals surface area contributed by atoms with E-state index in [1.54, 1.807) is 25.3 Å². The van der Waals surface area contributed by atoms with Gasteiger partial charge in [-0.2, -0.15) is 9.78 Å². The predicted octanol–water partition coefficient (Wildman–Crippen LogP) is 1.74. The molecule has 0 unspecified atom stereocenters. The molecule has 158 valence electrons. The maximum atomic E-state index is 12.8. The third-order valence-corrected chi connectivity index (χ3v) is 5.00. The van der Waals surface area contributed by atoms with Crippen molar-refractivity contribution in [3.05, 3.63) is 47.0 Å². The van der Waals surface area contributed by atoms with Gasteiger partial charge in [0.2, 0.25) is 11.6 Å². The molecule has 0 aliphatic rings. The standard InChI is InChI=1S/C18H16N8O4S/c1-28-11-6-5-10(8-12(11)29-2)9-20-22-18(27)14-15(13-4-3-7-31-13)26(25-21-14)17-16(19)23-30-24-17/h3-9H,1-2H3,(H2,19,23)(H,22,27). The molecule has 12 nitrogen and oxygen atoms in total. The Morgan fingerprint density at radius 2 is 2.10 bits per heavy atom. The van der Waals surface area contributed by atoms with Crippen LogP contribution in [0, 0.1) is 0 Å². The van der Waals surface area contributed by atoms with Gasteiger partial charge in [0.15, 0.2) is 17.2 Å². The van der Waals surface area contributed by atoms with Crippen LogP contribution in [-0.4, -0.2) is 51.6 Å². The summed E-state index contributed by atoms with van der Waals surface area (Å²) >= 11 is 1.39. The highest BCUT2D eigenvalue weighted by Gasteiger charge is 2.25. The first-order chi connectivity index (χ1) is 15.1. The van der Waals surface area contributed by atoms with Crippen LogP contribution in [0.5, 0.6) is 11.5 Å². The molecule has 3 aromatic heterocycles. The molecule has 4 aromatic rings. The summed E-state index contributed by atoms with van der Waals surface area (Å²) in [5, 5.41) is 21.1. The minimum Gasteiger partial charge on any atom is -0.493 e. The second kappa shape index (κ2) is 8.62. The number of carbonyl (C=O) groups excluding carboxylic acids is 1. The lowest BCUT2D eigenvalue weighted by Crippen LogP contribution is -2.19. The van der Waals surface area contributed by atoms with Crippen LogP contribution in [0.25, 0.3) is 16.4 Å². The summed E-state index contributed by atoms with van der Waals surface area (Å²) in [6.07, 6.45) is 1.47. The maximum Gasteiger partial charge on any atom is 0.294 e. The minimum atomic E-state index is -0.568. The number of anilines is 1. The number of nitrogens with one attached hydrogen (secondary N) is 1. The summed E-state index contributed by atoms with van der Waals surface area (Å²) in [6, 6.07) is 8.87. The molecule has 0 saturated carbocycles. The first kappa shape index (κ1) is 20.0. The number of hydrogen-bond donors (Lipinski definition) is 2. The summed E-state index contributed by atoms with van der Waals surface area (Å²) in [4.78, 5) is 13.5. The molecule has 3 heterocycles. The summed E-state index contributed by atoms with van der Waals surface area (Å²) in [7, 11) is 3.08. The molecular weight excluding hydrogens is 424 g/mol. The molecule has 0 aliphatic heterocycles. The van der Waals surface area contributed by atoms with E-state index in [0.717, 1.165) is 4.88 Å². The maximum absolute atomic E-state index is 12.8. The van der Waals surface area contributed by atoms with E-state index in [4.69, 9.17) is 15.2 Å². The number of hydrogen-bond acceptors (Lipinski definition) is 11. The molecular formula is C18H16N8O4S. The first-order valence-electron chi connectivity index (χ1n) is 8.75. The predicted molar refractivity (Wildman–Crippen MR) is 112 cm³/mol. The van der Waals surface area contributed by atoms with E-state index in [1.165, 1.54) is 29.3 Å². The van der Waals surface area contributed by atoms with Crippen molar-refractivity contribution in [2.24, 2.45) is 5.10 Å². The van der Waals surface area contributed by atoms with Gasteiger partial charge in [0.05, 0.1) is 25.3 Å². The van der Waals surface area contributed by atoms with Gasteiger partial charge in [-0.1, -0.05) is 11.3 Å². The van der Waals surface area contributed by atoms with Crippen LogP contribution in [0.1, 0.15) is 16.1 Å². The van der Waals surface area contributed by atoms with Crippen molar-refractivity contribution < 1.29 is 18.9 Å². The molecule has 0 atom stereocenters. The summed E-state index contributed by atoms with van der Waals surface area (Å²) < 4.78 is 16.4. The van der Waals surface area contributed by atoms with Gasteiger partial charge in [0.1, 0.15) is 5.69 Å². The fourth-order valence-corrected chi connectivity index (χ4v) is 3.46. The third kappa shape index (κ3) is 3.93. The lowest BCUT2D eigenvalue weighted by Gasteiger charge is -2.07. The van der Waals surface area contributed by atoms with Crippen LogP contribution in [0.3, 0.4) is 0 Å². The van der Waals surface area contributed by atoms with Crippen LogP contribution >= 0.6 is 11.3 Å². The van der Waals surface area contributed by atoms with Crippen molar-refractivity contribution in [2.45, 2.75) is 0 Å². The van der Waals surface area contributed by atoms with E-state index in [1.807, 2.05) is 17.5 Å². The van der Waals surface area contributed by atoms with Crippen LogP contribution in [0.15, 0.2) is 45.4 Å². The summed E-state index contributed by atoms with van der Waals surface area (Å²) in [5.41, 5.74) is 9.34. The topological polar surface area (TPSA) is 156 Å². The van der Waals surface area contributed by atoms with E-state index in [9.17, 15) is 4.79 Å². The zero-order chi connectivity index (χ0) is 21.8. The Morgan fingerprint density at radius 3 is 2.77 bits per heavy atom. The second-order valence-corrected chi connectivity index (χ2v) is 6.91.